The average molecular weight is 406 g/mol. The van der Waals surface area contributed by atoms with Crippen LogP contribution in [0.2, 0.25) is 0 Å². The monoisotopic (exact) mass is 406 g/mol. The van der Waals surface area contributed by atoms with E-state index in [0.29, 0.717) is 16.8 Å². The molecule has 0 aliphatic heterocycles. The SMILES string of the molecule is O=C(CNC(=O)c1ccco1)OCC(=O)c1ccc(NC(=O)c2ccccc2)cc1. The van der Waals surface area contributed by atoms with Gasteiger partial charge >= 0.3 is 5.97 Å². The summed E-state index contributed by atoms with van der Waals surface area (Å²) in [5, 5.41) is 5.06. The van der Waals surface area contributed by atoms with Crippen molar-refractivity contribution in [3.63, 3.8) is 0 Å². The van der Waals surface area contributed by atoms with Crippen LogP contribution < -0.4 is 10.6 Å². The summed E-state index contributed by atoms with van der Waals surface area (Å²) < 4.78 is 9.77. The van der Waals surface area contributed by atoms with Crippen molar-refractivity contribution in [3.05, 3.63) is 89.9 Å². The molecule has 2 aromatic carbocycles. The maximum atomic E-state index is 12.2. The lowest BCUT2D eigenvalue weighted by Gasteiger charge is -2.07. The van der Waals surface area contributed by atoms with Crippen molar-refractivity contribution in [2.24, 2.45) is 0 Å². The molecular weight excluding hydrogens is 388 g/mol. The first kappa shape index (κ1) is 20.5. The second-order valence-corrected chi connectivity index (χ2v) is 6.14. The topological polar surface area (TPSA) is 115 Å². The summed E-state index contributed by atoms with van der Waals surface area (Å²) in [7, 11) is 0. The van der Waals surface area contributed by atoms with Crippen LogP contribution in [0.25, 0.3) is 0 Å². The molecule has 0 unspecified atom stereocenters. The van der Waals surface area contributed by atoms with Gasteiger partial charge in [0.25, 0.3) is 11.8 Å². The zero-order valence-electron chi connectivity index (χ0n) is 15.8. The van der Waals surface area contributed by atoms with Crippen LogP contribution in [0, 0.1) is 0 Å². The van der Waals surface area contributed by atoms with Crippen molar-refractivity contribution in [1.82, 2.24) is 5.32 Å². The van der Waals surface area contributed by atoms with Gasteiger partial charge < -0.3 is 19.8 Å². The Morgan fingerprint density at radius 1 is 0.800 bits per heavy atom. The van der Waals surface area contributed by atoms with Gasteiger partial charge in [0, 0.05) is 16.8 Å². The molecular formula is C22H18N2O6. The molecule has 152 valence electrons. The van der Waals surface area contributed by atoms with Crippen molar-refractivity contribution < 1.29 is 28.3 Å². The smallest absolute Gasteiger partial charge is 0.325 e. The van der Waals surface area contributed by atoms with E-state index in [-0.39, 0.29) is 11.7 Å². The van der Waals surface area contributed by atoms with Gasteiger partial charge in [-0.25, -0.2) is 0 Å². The maximum Gasteiger partial charge on any atom is 0.325 e. The lowest BCUT2D eigenvalue weighted by Crippen LogP contribution is -2.31. The summed E-state index contributed by atoms with van der Waals surface area (Å²) in [6, 6.07) is 17.9. The fraction of sp³-hybridized carbons (Fsp3) is 0.0909. The molecule has 0 aliphatic rings. The van der Waals surface area contributed by atoms with E-state index < -0.39 is 30.8 Å². The van der Waals surface area contributed by atoms with E-state index in [2.05, 4.69) is 10.6 Å². The molecule has 1 heterocycles. The summed E-state index contributed by atoms with van der Waals surface area (Å²) in [5.41, 5.74) is 1.36. The van der Waals surface area contributed by atoms with Gasteiger partial charge in [-0.1, -0.05) is 18.2 Å². The minimum Gasteiger partial charge on any atom is -0.459 e. The van der Waals surface area contributed by atoms with E-state index in [1.165, 1.54) is 24.5 Å². The van der Waals surface area contributed by atoms with Gasteiger partial charge in [0.05, 0.1) is 6.26 Å². The fourth-order valence-corrected chi connectivity index (χ4v) is 2.46. The first-order chi connectivity index (χ1) is 14.5. The van der Waals surface area contributed by atoms with E-state index in [4.69, 9.17) is 9.15 Å². The molecule has 0 saturated carbocycles. The van der Waals surface area contributed by atoms with Gasteiger partial charge in [-0.2, -0.15) is 0 Å². The molecule has 1 aromatic heterocycles. The number of nitrogens with one attached hydrogen (secondary N) is 2. The second-order valence-electron chi connectivity index (χ2n) is 6.14. The van der Waals surface area contributed by atoms with Crippen LogP contribution in [-0.2, 0) is 9.53 Å². The van der Waals surface area contributed by atoms with E-state index in [0.717, 1.165) is 0 Å². The number of hydrogen-bond acceptors (Lipinski definition) is 6. The molecule has 0 fully saturated rings. The Kier molecular flexibility index (Phi) is 6.73. The molecule has 0 aliphatic carbocycles. The van der Waals surface area contributed by atoms with Gasteiger partial charge in [0.2, 0.25) is 0 Å². The highest BCUT2D eigenvalue weighted by atomic mass is 16.5. The summed E-state index contributed by atoms with van der Waals surface area (Å²) in [6.45, 7) is -0.859. The number of ether oxygens (including phenoxy) is 1. The number of furan rings is 1. The number of esters is 1. The Morgan fingerprint density at radius 2 is 1.53 bits per heavy atom. The first-order valence-electron chi connectivity index (χ1n) is 9.00. The van der Waals surface area contributed by atoms with Crippen LogP contribution in [0.4, 0.5) is 5.69 Å². The van der Waals surface area contributed by atoms with E-state index in [1.54, 1.807) is 42.5 Å². The van der Waals surface area contributed by atoms with Crippen molar-refractivity contribution in [1.29, 1.82) is 0 Å². The highest BCUT2D eigenvalue weighted by molar-refractivity contribution is 6.04. The largest absolute Gasteiger partial charge is 0.459 e. The second kappa shape index (κ2) is 9.83. The zero-order valence-corrected chi connectivity index (χ0v) is 15.8. The zero-order chi connectivity index (χ0) is 21.3. The first-order valence-corrected chi connectivity index (χ1v) is 9.00. The van der Waals surface area contributed by atoms with Crippen LogP contribution >= 0.6 is 0 Å². The van der Waals surface area contributed by atoms with Gasteiger partial charge in [-0.05, 0) is 48.5 Å². The number of rotatable bonds is 8. The molecule has 8 heteroatoms. The molecule has 3 rings (SSSR count). The fourth-order valence-electron chi connectivity index (χ4n) is 2.46. The van der Waals surface area contributed by atoms with Crippen molar-refractivity contribution >= 4 is 29.3 Å². The molecule has 3 aromatic rings. The molecule has 0 bridgehead atoms. The Hall–Kier alpha value is -4.20. The van der Waals surface area contributed by atoms with Crippen molar-refractivity contribution in [3.8, 4) is 0 Å². The molecule has 0 atom stereocenters. The molecule has 2 N–H and O–H groups in total. The van der Waals surface area contributed by atoms with Crippen LogP contribution in [0.1, 0.15) is 31.3 Å². The highest BCUT2D eigenvalue weighted by Gasteiger charge is 2.13. The minimum absolute atomic E-state index is 0.0679. The summed E-state index contributed by atoms with van der Waals surface area (Å²) in [5.74, 6) is -1.92. The number of ketones is 1. The summed E-state index contributed by atoms with van der Waals surface area (Å²) in [4.78, 5) is 47.6. The molecule has 2 amide bonds. The molecule has 30 heavy (non-hydrogen) atoms. The van der Waals surface area contributed by atoms with Gasteiger partial charge in [-0.15, -0.1) is 0 Å². The van der Waals surface area contributed by atoms with Gasteiger partial charge in [-0.3, -0.25) is 19.2 Å². The minimum atomic E-state index is -0.755. The standard InChI is InChI=1S/C22H18N2O6/c25-18(14-30-20(26)13-23-22(28)19-7-4-12-29-19)15-8-10-17(11-9-15)24-21(27)16-5-2-1-3-6-16/h1-12H,13-14H2,(H,23,28)(H,24,27). The molecule has 0 saturated heterocycles. The Balaban J connectivity index is 1.44. The molecule has 0 radical (unpaired) electrons. The third-order valence-corrected chi connectivity index (χ3v) is 4.00. The normalized spacial score (nSPS) is 10.1. The van der Waals surface area contributed by atoms with E-state index in [9.17, 15) is 19.2 Å². The quantitative estimate of drug-likeness (QED) is 0.439. The molecule has 0 spiro atoms. The Bertz CT molecular complexity index is 1030. The van der Waals surface area contributed by atoms with E-state index in [1.807, 2.05) is 6.07 Å². The number of Topliss-reactive ketones (excluding diaryl/α,β-unsaturated/α-hetero) is 1. The van der Waals surface area contributed by atoms with Crippen LogP contribution in [0.5, 0.6) is 0 Å². The van der Waals surface area contributed by atoms with Gasteiger partial charge in [0.15, 0.2) is 18.2 Å². The summed E-state index contributed by atoms with van der Waals surface area (Å²) in [6.07, 6.45) is 1.34. The highest BCUT2D eigenvalue weighted by Crippen LogP contribution is 2.12. The molecule has 8 nitrogen and oxygen atoms in total. The number of anilines is 1. The van der Waals surface area contributed by atoms with Crippen LogP contribution in [0.15, 0.2) is 77.4 Å². The number of benzene rings is 2. The predicted octanol–water partition coefficient (Wildman–Crippen LogP) is 2.69. The number of carbonyl (C=O) groups excluding carboxylic acids is 4. The van der Waals surface area contributed by atoms with Crippen LogP contribution in [0.3, 0.4) is 0 Å². The third-order valence-electron chi connectivity index (χ3n) is 4.00. The number of amides is 2. The lowest BCUT2D eigenvalue weighted by atomic mass is 10.1. The maximum absolute atomic E-state index is 12.2. The Morgan fingerprint density at radius 3 is 2.20 bits per heavy atom. The summed E-state index contributed by atoms with van der Waals surface area (Å²) >= 11 is 0. The van der Waals surface area contributed by atoms with Crippen LogP contribution in [-0.4, -0.2) is 36.7 Å². The Labute approximate surface area is 171 Å². The number of carbonyl (C=O) groups is 4. The van der Waals surface area contributed by atoms with Crippen molar-refractivity contribution in [2.45, 2.75) is 0 Å². The lowest BCUT2D eigenvalue weighted by molar-refractivity contribution is -0.141. The average Bonchev–Trinajstić information content (AvgIpc) is 3.32. The third kappa shape index (κ3) is 5.65. The predicted molar refractivity (Wildman–Crippen MR) is 107 cm³/mol. The number of hydrogen-bond donors (Lipinski definition) is 2. The van der Waals surface area contributed by atoms with E-state index >= 15 is 0 Å². The van der Waals surface area contributed by atoms with Crippen molar-refractivity contribution in [2.75, 3.05) is 18.5 Å². The van der Waals surface area contributed by atoms with Gasteiger partial charge in [0.1, 0.15) is 6.54 Å².